The number of hydrogen-bond acceptors (Lipinski definition) is 4. The average Bonchev–Trinajstić information content (AvgIpc) is 3.25. The Morgan fingerprint density at radius 3 is 2.89 bits per heavy atom. The lowest BCUT2D eigenvalue weighted by Crippen LogP contribution is -2.33. The second-order valence-corrected chi connectivity index (χ2v) is 5.52. The van der Waals surface area contributed by atoms with Gasteiger partial charge in [0.25, 0.3) is 0 Å². The molecule has 2 aliphatic rings. The van der Waals surface area contributed by atoms with Gasteiger partial charge in [-0.15, -0.1) is 5.10 Å². The van der Waals surface area contributed by atoms with Crippen LogP contribution in [-0.4, -0.2) is 27.4 Å². The Morgan fingerprint density at radius 1 is 1.56 bits per heavy atom. The third-order valence-corrected chi connectivity index (χ3v) is 4.07. The predicted molar refractivity (Wildman–Crippen MR) is 65.3 cm³/mol. The molecule has 0 spiro atoms. The minimum Gasteiger partial charge on any atom is -0.354 e. The van der Waals surface area contributed by atoms with E-state index in [0.717, 1.165) is 12.5 Å². The highest BCUT2D eigenvalue weighted by Crippen LogP contribution is 2.60. The Kier molecular flexibility index (Phi) is 2.81. The molecule has 2 saturated carbocycles. The number of amides is 1. The number of carbonyl (C=O) groups is 1. The second-order valence-electron chi connectivity index (χ2n) is 5.52. The van der Waals surface area contributed by atoms with E-state index in [1.807, 2.05) is 0 Å². The third-order valence-electron chi connectivity index (χ3n) is 4.07. The lowest BCUT2D eigenvalue weighted by molar-refractivity contribution is -0.122. The van der Waals surface area contributed by atoms with Crippen LogP contribution in [0.1, 0.15) is 31.4 Å². The van der Waals surface area contributed by atoms with Crippen molar-refractivity contribution < 1.29 is 4.79 Å². The lowest BCUT2D eigenvalue weighted by atomic mass is 10.0. The van der Waals surface area contributed by atoms with E-state index < -0.39 is 0 Å². The van der Waals surface area contributed by atoms with Crippen LogP contribution in [-0.2, 0) is 17.9 Å². The van der Waals surface area contributed by atoms with Crippen molar-refractivity contribution in [1.29, 1.82) is 0 Å². The van der Waals surface area contributed by atoms with Gasteiger partial charge in [-0.05, 0) is 37.0 Å². The molecule has 1 aromatic rings. The molecule has 0 atom stereocenters. The molecule has 0 saturated heterocycles. The van der Waals surface area contributed by atoms with Crippen LogP contribution in [0.25, 0.3) is 0 Å². The zero-order valence-corrected chi connectivity index (χ0v) is 10.4. The minimum atomic E-state index is 0.00963. The van der Waals surface area contributed by atoms with Crippen molar-refractivity contribution in [3.8, 4) is 0 Å². The van der Waals surface area contributed by atoms with Gasteiger partial charge in [0, 0.05) is 13.1 Å². The van der Waals surface area contributed by atoms with Gasteiger partial charge in [-0.25, -0.2) is 4.68 Å². The minimum absolute atomic E-state index is 0.00963. The summed E-state index contributed by atoms with van der Waals surface area (Å²) in [5.41, 5.74) is 6.59. The van der Waals surface area contributed by atoms with Crippen LogP contribution in [0.2, 0.25) is 0 Å². The Hall–Kier alpha value is -1.43. The molecule has 1 aromatic heterocycles. The van der Waals surface area contributed by atoms with Gasteiger partial charge in [0.15, 0.2) is 0 Å². The van der Waals surface area contributed by atoms with Crippen molar-refractivity contribution in [2.24, 2.45) is 17.1 Å². The van der Waals surface area contributed by atoms with E-state index in [1.165, 1.54) is 30.4 Å². The van der Waals surface area contributed by atoms with Gasteiger partial charge in [0.05, 0.1) is 11.9 Å². The molecule has 98 valence electrons. The molecule has 2 aliphatic carbocycles. The zero-order valence-electron chi connectivity index (χ0n) is 10.4. The van der Waals surface area contributed by atoms with Crippen LogP contribution in [0.3, 0.4) is 0 Å². The van der Waals surface area contributed by atoms with Crippen molar-refractivity contribution in [1.82, 2.24) is 20.3 Å². The Labute approximate surface area is 106 Å². The highest BCUT2D eigenvalue weighted by molar-refractivity contribution is 5.75. The Bertz CT molecular complexity index is 447. The molecule has 3 N–H and O–H groups in total. The Morgan fingerprint density at radius 2 is 2.33 bits per heavy atom. The first kappa shape index (κ1) is 11.6. The van der Waals surface area contributed by atoms with Gasteiger partial charge in [0.2, 0.25) is 5.91 Å². The topological polar surface area (TPSA) is 85.8 Å². The molecule has 2 fully saturated rings. The summed E-state index contributed by atoms with van der Waals surface area (Å²) in [6.07, 6.45) is 6.96. The van der Waals surface area contributed by atoms with E-state index in [2.05, 4.69) is 15.6 Å². The summed E-state index contributed by atoms with van der Waals surface area (Å²) in [5, 5.41) is 10.7. The SMILES string of the molecule is NCc1cn(CC(=O)NCC2(C3CC3)CC2)nn1. The number of rotatable bonds is 6. The molecule has 3 rings (SSSR count). The molecule has 1 heterocycles. The average molecular weight is 249 g/mol. The Balaban J connectivity index is 1.47. The number of carbonyl (C=O) groups excluding carboxylic acids is 1. The van der Waals surface area contributed by atoms with Gasteiger partial charge in [-0.1, -0.05) is 5.21 Å². The highest BCUT2D eigenvalue weighted by Gasteiger charge is 2.53. The summed E-state index contributed by atoms with van der Waals surface area (Å²) in [4.78, 5) is 11.8. The highest BCUT2D eigenvalue weighted by atomic mass is 16.2. The molecule has 0 aromatic carbocycles. The molecule has 0 radical (unpaired) electrons. The molecular formula is C12H19N5O. The molecule has 6 heteroatoms. The summed E-state index contributed by atoms with van der Waals surface area (Å²) < 4.78 is 1.54. The maximum absolute atomic E-state index is 11.8. The summed E-state index contributed by atoms with van der Waals surface area (Å²) in [7, 11) is 0. The van der Waals surface area contributed by atoms with Crippen LogP contribution in [0.15, 0.2) is 6.20 Å². The van der Waals surface area contributed by atoms with Gasteiger partial charge in [0.1, 0.15) is 6.54 Å². The van der Waals surface area contributed by atoms with Crippen molar-refractivity contribution >= 4 is 5.91 Å². The van der Waals surface area contributed by atoms with Crippen LogP contribution in [0.5, 0.6) is 0 Å². The van der Waals surface area contributed by atoms with E-state index in [1.54, 1.807) is 6.20 Å². The smallest absolute Gasteiger partial charge is 0.241 e. The van der Waals surface area contributed by atoms with Gasteiger partial charge in [-0.2, -0.15) is 0 Å². The fraction of sp³-hybridized carbons (Fsp3) is 0.750. The number of nitrogens with two attached hydrogens (primary N) is 1. The summed E-state index contributed by atoms with van der Waals surface area (Å²) in [5.74, 6) is 0.878. The first-order valence-corrected chi connectivity index (χ1v) is 6.58. The monoisotopic (exact) mass is 249 g/mol. The maximum atomic E-state index is 11.8. The van der Waals surface area contributed by atoms with Gasteiger partial charge in [-0.3, -0.25) is 4.79 Å². The van der Waals surface area contributed by atoms with E-state index in [9.17, 15) is 4.79 Å². The van der Waals surface area contributed by atoms with Crippen LogP contribution < -0.4 is 11.1 Å². The molecule has 1 amide bonds. The number of hydrogen-bond donors (Lipinski definition) is 2. The fourth-order valence-corrected chi connectivity index (χ4v) is 2.57. The summed E-state index contributed by atoms with van der Waals surface area (Å²) in [6, 6.07) is 0. The van der Waals surface area contributed by atoms with Crippen molar-refractivity contribution in [2.75, 3.05) is 6.54 Å². The molecule has 0 aliphatic heterocycles. The zero-order chi connectivity index (χ0) is 12.6. The van der Waals surface area contributed by atoms with E-state index in [0.29, 0.717) is 17.7 Å². The second kappa shape index (κ2) is 4.35. The first-order valence-electron chi connectivity index (χ1n) is 6.58. The summed E-state index contributed by atoms with van der Waals surface area (Å²) in [6.45, 7) is 1.41. The standard InChI is InChI=1S/C12H19N5O/c13-5-10-6-17(16-15-10)7-11(18)14-8-12(3-4-12)9-1-2-9/h6,9H,1-5,7-8,13H2,(H,14,18). The van der Waals surface area contributed by atoms with Crippen LogP contribution in [0, 0.1) is 11.3 Å². The largest absolute Gasteiger partial charge is 0.354 e. The van der Waals surface area contributed by atoms with E-state index in [4.69, 9.17) is 5.73 Å². The lowest BCUT2D eigenvalue weighted by Gasteiger charge is -2.14. The molecule has 18 heavy (non-hydrogen) atoms. The normalized spacial score (nSPS) is 20.7. The van der Waals surface area contributed by atoms with Crippen molar-refractivity contribution in [3.63, 3.8) is 0 Å². The van der Waals surface area contributed by atoms with Crippen LogP contribution >= 0.6 is 0 Å². The van der Waals surface area contributed by atoms with Crippen molar-refractivity contribution in [2.45, 2.75) is 38.8 Å². The van der Waals surface area contributed by atoms with E-state index in [-0.39, 0.29) is 12.5 Å². The summed E-state index contributed by atoms with van der Waals surface area (Å²) >= 11 is 0. The molecule has 0 bridgehead atoms. The molecule has 6 nitrogen and oxygen atoms in total. The number of nitrogens with zero attached hydrogens (tertiary/aromatic N) is 3. The molecule has 0 unspecified atom stereocenters. The fourth-order valence-electron chi connectivity index (χ4n) is 2.57. The quantitative estimate of drug-likeness (QED) is 0.745. The number of nitrogens with one attached hydrogen (secondary N) is 1. The van der Waals surface area contributed by atoms with Gasteiger partial charge >= 0.3 is 0 Å². The van der Waals surface area contributed by atoms with Gasteiger partial charge < -0.3 is 11.1 Å². The number of aromatic nitrogens is 3. The predicted octanol–water partition coefficient (Wildman–Crippen LogP) is 0.0432. The first-order chi connectivity index (χ1) is 8.72. The van der Waals surface area contributed by atoms with E-state index >= 15 is 0 Å². The third kappa shape index (κ3) is 2.38. The maximum Gasteiger partial charge on any atom is 0.241 e. The van der Waals surface area contributed by atoms with Crippen LogP contribution in [0.4, 0.5) is 0 Å². The van der Waals surface area contributed by atoms with Crippen molar-refractivity contribution in [3.05, 3.63) is 11.9 Å². The molecular weight excluding hydrogens is 230 g/mol.